The molecule has 0 spiro atoms. The van der Waals surface area contributed by atoms with Gasteiger partial charge in [0, 0.05) is 4.88 Å². The number of aryl methyl sites for hydroxylation is 2. The number of aromatic nitrogens is 1. The largest absolute Gasteiger partial charge is 0.375 e. The van der Waals surface area contributed by atoms with Gasteiger partial charge in [0.1, 0.15) is 0 Å². The van der Waals surface area contributed by atoms with Crippen LogP contribution in [-0.2, 0) is 12.8 Å². The third-order valence-electron chi connectivity index (χ3n) is 3.50. The van der Waals surface area contributed by atoms with Crippen LogP contribution in [0.5, 0.6) is 0 Å². The normalized spacial score (nSPS) is 19.0. The smallest absolute Gasteiger partial charge is 0.180 e. The third-order valence-corrected chi connectivity index (χ3v) is 4.45. The molecule has 0 amide bonds. The summed E-state index contributed by atoms with van der Waals surface area (Å²) >= 11 is 1.66. The molecule has 1 heterocycles. The fourth-order valence-corrected chi connectivity index (χ4v) is 3.48. The first-order chi connectivity index (χ1) is 8.22. The zero-order valence-corrected chi connectivity index (χ0v) is 10.8. The molecule has 0 saturated heterocycles. The van der Waals surface area contributed by atoms with Crippen LogP contribution in [0.2, 0.25) is 0 Å². The Morgan fingerprint density at radius 3 is 2.82 bits per heavy atom. The Kier molecular flexibility index (Phi) is 2.63. The monoisotopic (exact) mass is 244 g/mol. The van der Waals surface area contributed by atoms with Crippen molar-refractivity contribution in [1.29, 1.82) is 0 Å². The van der Waals surface area contributed by atoms with Gasteiger partial charge < -0.3 is 5.73 Å². The quantitative estimate of drug-likeness (QED) is 0.836. The molecule has 0 radical (unpaired) electrons. The van der Waals surface area contributed by atoms with Crippen LogP contribution in [0.25, 0.3) is 0 Å². The van der Waals surface area contributed by atoms with Gasteiger partial charge in [0.25, 0.3) is 0 Å². The predicted molar refractivity (Wildman–Crippen MR) is 72.5 cm³/mol. The molecule has 1 atom stereocenters. The minimum Gasteiger partial charge on any atom is -0.375 e. The lowest BCUT2D eigenvalue weighted by Gasteiger charge is -2.21. The molecule has 1 aromatic carbocycles. The van der Waals surface area contributed by atoms with Gasteiger partial charge in [-0.05, 0) is 37.7 Å². The van der Waals surface area contributed by atoms with Gasteiger partial charge in [-0.1, -0.05) is 29.8 Å². The van der Waals surface area contributed by atoms with Crippen LogP contribution in [0.3, 0.4) is 0 Å². The SMILES string of the molecule is Cc1ccc(C2CCc3nc(N)sc3C2)cc1. The number of nitrogens with zero attached hydrogens (tertiary/aromatic N) is 1. The molecule has 0 saturated carbocycles. The Morgan fingerprint density at radius 1 is 1.29 bits per heavy atom. The van der Waals surface area contributed by atoms with Crippen molar-refractivity contribution in [1.82, 2.24) is 4.98 Å². The summed E-state index contributed by atoms with van der Waals surface area (Å²) in [5.41, 5.74) is 9.78. The maximum absolute atomic E-state index is 5.77. The summed E-state index contributed by atoms with van der Waals surface area (Å²) in [5.74, 6) is 0.642. The second-order valence-corrected chi connectivity index (χ2v) is 5.89. The Bertz CT molecular complexity index is 528. The summed E-state index contributed by atoms with van der Waals surface area (Å²) in [6, 6.07) is 8.92. The van der Waals surface area contributed by atoms with Crippen molar-refractivity contribution in [3.05, 3.63) is 46.0 Å². The first kappa shape index (κ1) is 10.8. The van der Waals surface area contributed by atoms with E-state index in [1.165, 1.54) is 28.1 Å². The molecular weight excluding hydrogens is 228 g/mol. The summed E-state index contributed by atoms with van der Waals surface area (Å²) in [6.45, 7) is 2.13. The summed E-state index contributed by atoms with van der Waals surface area (Å²) in [7, 11) is 0. The summed E-state index contributed by atoms with van der Waals surface area (Å²) < 4.78 is 0. The van der Waals surface area contributed by atoms with Gasteiger partial charge in [0.15, 0.2) is 5.13 Å². The fraction of sp³-hybridized carbons (Fsp3) is 0.357. The van der Waals surface area contributed by atoms with Crippen LogP contribution in [0, 0.1) is 6.92 Å². The molecule has 2 nitrogen and oxygen atoms in total. The highest BCUT2D eigenvalue weighted by atomic mass is 32.1. The second kappa shape index (κ2) is 4.15. The Balaban J connectivity index is 1.86. The number of fused-ring (bicyclic) bond motifs is 1. The van der Waals surface area contributed by atoms with E-state index >= 15 is 0 Å². The maximum atomic E-state index is 5.77. The molecule has 17 heavy (non-hydrogen) atoms. The van der Waals surface area contributed by atoms with Gasteiger partial charge in [0.2, 0.25) is 0 Å². The highest BCUT2D eigenvalue weighted by Gasteiger charge is 2.23. The number of benzene rings is 1. The zero-order chi connectivity index (χ0) is 11.8. The number of nitrogens with two attached hydrogens (primary N) is 1. The molecule has 1 aliphatic carbocycles. The molecule has 0 fully saturated rings. The lowest BCUT2D eigenvalue weighted by Crippen LogP contribution is -2.11. The summed E-state index contributed by atoms with van der Waals surface area (Å²) in [6.07, 6.45) is 3.37. The molecule has 88 valence electrons. The van der Waals surface area contributed by atoms with Crippen LogP contribution in [0.15, 0.2) is 24.3 Å². The van der Waals surface area contributed by atoms with Gasteiger partial charge in [-0.15, -0.1) is 11.3 Å². The second-order valence-electron chi connectivity index (χ2n) is 4.77. The average Bonchev–Trinajstić information content (AvgIpc) is 2.69. The van der Waals surface area contributed by atoms with Crippen LogP contribution in [-0.4, -0.2) is 4.98 Å². The van der Waals surface area contributed by atoms with Crippen molar-refractivity contribution in [2.45, 2.75) is 32.1 Å². The molecule has 3 heteroatoms. The minimum atomic E-state index is 0.642. The van der Waals surface area contributed by atoms with Crippen LogP contribution in [0.1, 0.15) is 34.0 Å². The van der Waals surface area contributed by atoms with Gasteiger partial charge in [-0.2, -0.15) is 0 Å². The summed E-state index contributed by atoms with van der Waals surface area (Å²) in [4.78, 5) is 5.78. The van der Waals surface area contributed by atoms with E-state index in [2.05, 4.69) is 36.2 Å². The molecule has 0 aliphatic heterocycles. The van der Waals surface area contributed by atoms with E-state index in [0.717, 1.165) is 18.0 Å². The van der Waals surface area contributed by atoms with Gasteiger partial charge in [-0.25, -0.2) is 4.98 Å². The van der Waals surface area contributed by atoms with Gasteiger partial charge in [-0.3, -0.25) is 0 Å². The minimum absolute atomic E-state index is 0.642. The molecular formula is C14H16N2S. The molecule has 2 N–H and O–H groups in total. The van der Waals surface area contributed by atoms with Crippen molar-refractivity contribution in [3.63, 3.8) is 0 Å². The van der Waals surface area contributed by atoms with Crippen molar-refractivity contribution in [2.75, 3.05) is 5.73 Å². The van der Waals surface area contributed by atoms with Crippen molar-refractivity contribution in [3.8, 4) is 0 Å². The van der Waals surface area contributed by atoms with E-state index in [4.69, 9.17) is 5.73 Å². The molecule has 1 aromatic heterocycles. The molecule has 3 rings (SSSR count). The molecule has 2 aromatic rings. The van der Waals surface area contributed by atoms with Crippen LogP contribution in [0.4, 0.5) is 5.13 Å². The summed E-state index contributed by atoms with van der Waals surface area (Å²) in [5, 5.41) is 0.722. The lowest BCUT2D eigenvalue weighted by atomic mass is 9.85. The molecule has 0 bridgehead atoms. The van der Waals surface area contributed by atoms with E-state index in [1.807, 2.05) is 0 Å². The topological polar surface area (TPSA) is 38.9 Å². The number of hydrogen-bond acceptors (Lipinski definition) is 3. The molecule has 1 unspecified atom stereocenters. The Hall–Kier alpha value is -1.35. The first-order valence-electron chi connectivity index (χ1n) is 6.03. The zero-order valence-electron chi connectivity index (χ0n) is 9.94. The number of thiazole rings is 1. The number of anilines is 1. The predicted octanol–water partition coefficient (Wildman–Crippen LogP) is 3.31. The third kappa shape index (κ3) is 2.07. The van der Waals surface area contributed by atoms with Crippen LogP contribution < -0.4 is 5.73 Å². The number of hydrogen-bond donors (Lipinski definition) is 1. The Morgan fingerprint density at radius 2 is 2.06 bits per heavy atom. The lowest BCUT2D eigenvalue weighted by molar-refractivity contribution is 0.584. The highest BCUT2D eigenvalue weighted by molar-refractivity contribution is 7.15. The van der Waals surface area contributed by atoms with E-state index < -0.39 is 0 Å². The van der Waals surface area contributed by atoms with Crippen LogP contribution >= 0.6 is 11.3 Å². The standard InChI is InChI=1S/C14H16N2S/c1-9-2-4-10(5-3-9)11-6-7-12-13(8-11)17-14(15)16-12/h2-5,11H,6-8H2,1H3,(H2,15,16). The first-order valence-corrected chi connectivity index (χ1v) is 6.84. The average molecular weight is 244 g/mol. The van der Waals surface area contributed by atoms with Crippen molar-refractivity contribution < 1.29 is 0 Å². The van der Waals surface area contributed by atoms with Gasteiger partial charge in [0.05, 0.1) is 5.69 Å². The highest BCUT2D eigenvalue weighted by Crippen LogP contribution is 2.36. The van der Waals surface area contributed by atoms with E-state index in [-0.39, 0.29) is 0 Å². The fourth-order valence-electron chi connectivity index (χ4n) is 2.52. The number of nitrogen functional groups attached to an aromatic ring is 1. The molecule has 1 aliphatic rings. The van der Waals surface area contributed by atoms with E-state index in [0.29, 0.717) is 5.92 Å². The van der Waals surface area contributed by atoms with E-state index in [1.54, 1.807) is 11.3 Å². The van der Waals surface area contributed by atoms with Crippen molar-refractivity contribution >= 4 is 16.5 Å². The Labute approximate surface area is 106 Å². The van der Waals surface area contributed by atoms with Gasteiger partial charge >= 0.3 is 0 Å². The maximum Gasteiger partial charge on any atom is 0.180 e. The van der Waals surface area contributed by atoms with Crippen molar-refractivity contribution in [2.24, 2.45) is 0 Å². The van der Waals surface area contributed by atoms with E-state index in [9.17, 15) is 0 Å². The number of rotatable bonds is 1.